The smallest absolute Gasteiger partial charge is 0.264 e. The summed E-state index contributed by atoms with van der Waals surface area (Å²) in [5.74, 6) is 7.08. The molecule has 8 nitrogen and oxygen atoms in total. The summed E-state index contributed by atoms with van der Waals surface area (Å²) in [6, 6.07) is 16.5. The van der Waals surface area contributed by atoms with Gasteiger partial charge in [-0.2, -0.15) is 5.10 Å². The molecule has 3 N–H and O–H groups in total. The van der Waals surface area contributed by atoms with Crippen LogP contribution in [0.5, 0.6) is 5.75 Å². The number of nitrogens with one attached hydrogen (secondary N) is 1. The normalized spacial score (nSPS) is 10.9. The number of rotatable bonds is 8. The van der Waals surface area contributed by atoms with E-state index < -0.39 is 0 Å². The Morgan fingerprint density at radius 3 is 2.67 bits per heavy atom. The van der Waals surface area contributed by atoms with Crippen molar-refractivity contribution in [3.8, 4) is 5.75 Å². The maximum atomic E-state index is 12.3. The molecule has 1 heterocycles. The van der Waals surface area contributed by atoms with E-state index in [1.165, 1.54) is 16.4 Å². The molecule has 3 rings (SSSR count). The van der Waals surface area contributed by atoms with Gasteiger partial charge in [0.05, 0.1) is 19.1 Å². The van der Waals surface area contributed by atoms with E-state index in [4.69, 9.17) is 10.6 Å². The second-order valence-corrected chi connectivity index (χ2v) is 6.34. The highest BCUT2D eigenvalue weighted by atomic mass is 32.2. The van der Waals surface area contributed by atoms with Gasteiger partial charge in [0, 0.05) is 5.56 Å². The number of benzene rings is 2. The minimum atomic E-state index is -0.0396. The highest BCUT2D eigenvalue weighted by Gasteiger charge is 2.13. The van der Waals surface area contributed by atoms with Gasteiger partial charge in [0.1, 0.15) is 5.75 Å². The summed E-state index contributed by atoms with van der Waals surface area (Å²) in [6.45, 7) is 0. The largest absolute Gasteiger partial charge is 0.497 e. The molecule has 0 fully saturated rings. The third kappa shape index (κ3) is 4.85. The molecule has 0 saturated carbocycles. The Morgan fingerprint density at radius 1 is 1.22 bits per heavy atom. The lowest BCUT2D eigenvalue weighted by Crippen LogP contribution is -2.14. The van der Waals surface area contributed by atoms with Gasteiger partial charge in [-0.15, -0.1) is 10.2 Å². The van der Waals surface area contributed by atoms with Crippen molar-refractivity contribution in [3.05, 3.63) is 65.7 Å². The van der Waals surface area contributed by atoms with Crippen molar-refractivity contribution in [2.24, 2.45) is 5.10 Å². The van der Waals surface area contributed by atoms with Gasteiger partial charge < -0.3 is 10.6 Å². The van der Waals surface area contributed by atoms with Crippen molar-refractivity contribution < 1.29 is 9.53 Å². The van der Waals surface area contributed by atoms with Crippen LogP contribution in [0.1, 0.15) is 15.9 Å². The molecule has 0 spiro atoms. The minimum absolute atomic E-state index is 0.0396. The lowest BCUT2D eigenvalue weighted by Gasteiger charge is -2.04. The zero-order valence-corrected chi connectivity index (χ0v) is 15.4. The number of anilines is 1. The Hall–Kier alpha value is -3.33. The van der Waals surface area contributed by atoms with E-state index in [-0.39, 0.29) is 17.5 Å². The maximum absolute atomic E-state index is 12.3. The Kier molecular flexibility index (Phi) is 6.06. The molecule has 0 unspecified atom stereocenters. The number of nitrogen functional groups attached to an aromatic ring is 1. The van der Waals surface area contributed by atoms with E-state index in [2.05, 4.69) is 20.7 Å². The van der Waals surface area contributed by atoms with Gasteiger partial charge in [-0.3, -0.25) is 4.79 Å². The predicted octanol–water partition coefficient (Wildman–Crippen LogP) is 2.42. The number of Topliss-reactive ketones (excluding diaryl/α,β-unsaturated/α-hetero) is 1. The Morgan fingerprint density at radius 2 is 1.96 bits per heavy atom. The van der Waals surface area contributed by atoms with Crippen LogP contribution in [0.25, 0.3) is 0 Å². The third-order valence-electron chi connectivity index (χ3n) is 3.59. The van der Waals surface area contributed by atoms with Crippen LogP contribution in [0.4, 0.5) is 5.95 Å². The molecule has 0 saturated heterocycles. The molecule has 0 bridgehead atoms. The van der Waals surface area contributed by atoms with E-state index in [9.17, 15) is 4.79 Å². The van der Waals surface area contributed by atoms with Gasteiger partial charge in [-0.1, -0.05) is 42.1 Å². The number of methoxy groups -OCH3 is 1. The molecule has 27 heavy (non-hydrogen) atoms. The summed E-state index contributed by atoms with van der Waals surface area (Å²) >= 11 is 1.20. The fraction of sp³-hybridized carbons (Fsp3) is 0.111. The van der Waals surface area contributed by atoms with Gasteiger partial charge in [0.2, 0.25) is 5.16 Å². The summed E-state index contributed by atoms with van der Waals surface area (Å²) in [7, 11) is 1.58. The number of carbonyl (C=O) groups is 1. The number of hydrogen-bond donors (Lipinski definition) is 2. The number of hydrazone groups is 1. The topological polar surface area (TPSA) is 107 Å². The van der Waals surface area contributed by atoms with Gasteiger partial charge in [0.25, 0.3) is 5.95 Å². The van der Waals surface area contributed by atoms with E-state index in [1.807, 2.05) is 30.3 Å². The fourth-order valence-corrected chi connectivity index (χ4v) is 2.90. The number of hydrogen-bond acceptors (Lipinski definition) is 8. The molecular weight excluding hydrogens is 364 g/mol. The molecule has 0 aliphatic rings. The van der Waals surface area contributed by atoms with Crippen LogP contribution in [-0.2, 0) is 0 Å². The number of carbonyl (C=O) groups excluding carboxylic acids is 1. The first kappa shape index (κ1) is 18.5. The summed E-state index contributed by atoms with van der Waals surface area (Å²) in [5.41, 5.74) is 4.27. The van der Waals surface area contributed by atoms with Crippen LogP contribution in [-0.4, -0.2) is 39.7 Å². The monoisotopic (exact) mass is 382 g/mol. The van der Waals surface area contributed by atoms with Gasteiger partial charge in [0.15, 0.2) is 5.78 Å². The first-order chi connectivity index (χ1) is 13.2. The third-order valence-corrected chi connectivity index (χ3v) is 4.53. The van der Waals surface area contributed by atoms with Crippen LogP contribution >= 0.6 is 11.8 Å². The standard InChI is InChI=1S/C18H18N6O2S/c1-26-15-9-7-14(8-10-15)16(25)12-27-18-23-22-17(24(18)19)21-20-11-13-5-3-2-4-6-13/h2-11H,12,19H2,1H3,(H,21,22)/b20-11+. The minimum Gasteiger partial charge on any atom is -0.497 e. The number of ketones is 1. The van der Waals surface area contributed by atoms with Crippen LogP contribution in [0.2, 0.25) is 0 Å². The zero-order valence-electron chi connectivity index (χ0n) is 14.6. The van der Waals surface area contributed by atoms with Crippen LogP contribution < -0.4 is 16.0 Å². The van der Waals surface area contributed by atoms with Gasteiger partial charge in [-0.25, -0.2) is 10.1 Å². The summed E-state index contributed by atoms with van der Waals surface area (Å²) in [6.07, 6.45) is 1.65. The molecule has 1 aromatic heterocycles. The average Bonchev–Trinajstić information content (AvgIpc) is 3.06. The predicted molar refractivity (Wildman–Crippen MR) is 106 cm³/mol. The van der Waals surface area contributed by atoms with Crippen LogP contribution in [0, 0.1) is 0 Å². The van der Waals surface area contributed by atoms with E-state index in [0.29, 0.717) is 16.5 Å². The number of ether oxygens (including phenoxy) is 1. The molecule has 0 atom stereocenters. The molecule has 9 heteroatoms. The van der Waals surface area contributed by atoms with Crippen molar-refractivity contribution in [1.29, 1.82) is 0 Å². The lowest BCUT2D eigenvalue weighted by atomic mass is 10.1. The van der Waals surface area contributed by atoms with E-state index >= 15 is 0 Å². The van der Waals surface area contributed by atoms with Gasteiger partial charge in [-0.05, 0) is 29.8 Å². The van der Waals surface area contributed by atoms with Crippen molar-refractivity contribution in [1.82, 2.24) is 14.9 Å². The summed E-state index contributed by atoms with van der Waals surface area (Å²) < 4.78 is 6.34. The van der Waals surface area contributed by atoms with Crippen molar-refractivity contribution >= 4 is 29.7 Å². The zero-order chi connectivity index (χ0) is 19.1. The number of aromatic nitrogens is 3. The van der Waals surface area contributed by atoms with Crippen molar-refractivity contribution in [2.45, 2.75) is 5.16 Å². The highest BCUT2D eigenvalue weighted by molar-refractivity contribution is 7.99. The highest BCUT2D eigenvalue weighted by Crippen LogP contribution is 2.19. The quantitative estimate of drug-likeness (QED) is 0.202. The molecule has 0 radical (unpaired) electrons. The Bertz CT molecular complexity index is 925. The molecule has 3 aromatic rings. The second kappa shape index (κ2) is 8.86. The second-order valence-electron chi connectivity index (χ2n) is 5.40. The first-order valence-corrected chi connectivity index (χ1v) is 9.00. The Balaban J connectivity index is 1.56. The molecule has 0 amide bonds. The van der Waals surface area contributed by atoms with Crippen molar-refractivity contribution in [2.75, 3.05) is 24.1 Å². The van der Waals surface area contributed by atoms with Crippen LogP contribution in [0.15, 0.2) is 64.9 Å². The summed E-state index contributed by atoms with van der Waals surface area (Å²) in [4.78, 5) is 12.3. The first-order valence-electron chi connectivity index (χ1n) is 8.02. The number of nitrogens with zero attached hydrogens (tertiary/aromatic N) is 4. The van der Waals surface area contributed by atoms with Gasteiger partial charge >= 0.3 is 0 Å². The number of nitrogens with two attached hydrogens (primary N) is 1. The molecule has 0 aliphatic heterocycles. The van der Waals surface area contributed by atoms with E-state index in [1.54, 1.807) is 37.6 Å². The van der Waals surface area contributed by atoms with E-state index in [0.717, 1.165) is 5.56 Å². The Labute approximate surface area is 160 Å². The molecular formula is C18H18N6O2S. The summed E-state index contributed by atoms with van der Waals surface area (Å²) in [5, 5.41) is 12.4. The lowest BCUT2D eigenvalue weighted by molar-refractivity contribution is 0.102. The SMILES string of the molecule is COc1ccc(C(=O)CSc2nnc(N/N=C/c3ccccc3)n2N)cc1. The van der Waals surface area contributed by atoms with Crippen LogP contribution in [0.3, 0.4) is 0 Å². The molecule has 0 aliphatic carbocycles. The number of thioether (sulfide) groups is 1. The fourth-order valence-electron chi connectivity index (χ4n) is 2.15. The van der Waals surface area contributed by atoms with Crippen molar-refractivity contribution in [3.63, 3.8) is 0 Å². The maximum Gasteiger partial charge on any atom is 0.264 e. The average molecular weight is 382 g/mol. The molecule has 2 aromatic carbocycles. The molecule has 138 valence electrons.